The number of hydrogen-bond donors (Lipinski definition) is 1. The molecule has 0 atom stereocenters. The Kier molecular flexibility index (Phi) is 4.67. The van der Waals surface area contributed by atoms with E-state index >= 15 is 0 Å². The summed E-state index contributed by atoms with van der Waals surface area (Å²) in [7, 11) is 0. The minimum absolute atomic E-state index is 0.0161. The average molecular weight is 237 g/mol. The van der Waals surface area contributed by atoms with Crippen molar-refractivity contribution in [3.8, 4) is 0 Å². The number of rotatable bonds is 5. The molecule has 0 unspecified atom stereocenters. The molecule has 0 bridgehead atoms. The first-order valence-corrected chi connectivity index (χ1v) is 6.03. The molecule has 0 fully saturated rings. The van der Waals surface area contributed by atoms with E-state index in [1.807, 2.05) is 13.8 Å². The molecule has 0 aromatic heterocycles. The van der Waals surface area contributed by atoms with E-state index in [1.54, 1.807) is 12.1 Å². The number of carbonyl (C=O) groups is 1. The SMILES string of the molecule is CCCCNC(=O)C(C)(C)c1ccc(F)cc1. The van der Waals surface area contributed by atoms with Gasteiger partial charge in [-0.05, 0) is 38.0 Å². The summed E-state index contributed by atoms with van der Waals surface area (Å²) in [5.74, 6) is -0.298. The summed E-state index contributed by atoms with van der Waals surface area (Å²) in [5.41, 5.74) is 0.203. The van der Waals surface area contributed by atoms with Crippen LogP contribution in [0.15, 0.2) is 24.3 Å². The normalized spacial score (nSPS) is 11.3. The summed E-state index contributed by atoms with van der Waals surface area (Å²) in [6.45, 7) is 6.47. The van der Waals surface area contributed by atoms with Gasteiger partial charge in [-0.15, -0.1) is 0 Å². The Balaban J connectivity index is 2.72. The molecule has 0 aliphatic rings. The Morgan fingerprint density at radius 3 is 2.41 bits per heavy atom. The van der Waals surface area contributed by atoms with Gasteiger partial charge < -0.3 is 5.32 Å². The molecular formula is C14H20FNO. The van der Waals surface area contributed by atoms with Gasteiger partial charge in [0.05, 0.1) is 5.41 Å². The predicted octanol–water partition coefficient (Wildman–Crippen LogP) is 3.02. The maximum absolute atomic E-state index is 12.8. The summed E-state index contributed by atoms with van der Waals surface area (Å²) < 4.78 is 12.8. The molecule has 17 heavy (non-hydrogen) atoms. The molecule has 1 N–H and O–H groups in total. The zero-order valence-corrected chi connectivity index (χ0v) is 10.7. The van der Waals surface area contributed by atoms with Crippen LogP contribution in [0.3, 0.4) is 0 Å². The molecule has 3 heteroatoms. The number of amides is 1. The molecule has 1 amide bonds. The van der Waals surface area contributed by atoms with Crippen molar-refractivity contribution in [1.29, 1.82) is 0 Å². The fraction of sp³-hybridized carbons (Fsp3) is 0.500. The van der Waals surface area contributed by atoms with Crippen molar-refractivity contribution in [2.24, 2.45) is 0 Å². The molecule has 0 aliphatic heterocycles. The molecule has 1 aromatic carbocycles. The van der Waals surface area contributed by atoms with Crippen molar-refractivity contribution in [2.45, 2.75) is 39.0 Å². The standard InChI is InChI=1S/C14H20FNO/c1-4-5-10-16-13(17)14(2,3)11-6-8-12(15)9-7-11/h6-9H,4-5,10H2,1-3H3,(H,16,17). The van der Waals surface area contributed by atoms with E-state index in [1.165, 1.54) is 12.1 Å². The molecule has 1 rings (SSSR count). The third-order valence-corrected chi connectivity index (χ3v) is 2.95. The van der Waals surface area contributed by atoms with E-state index in [2.05, 4.69) is 12.2 Å². The van der Waals surface area contributed by atoms with Gasteiger partial charge in [0, 0.05) is 6.54 Å². The van der Waals surface area contributed by atoms with Gasteiger partial charge in [0.1, 0.15) is 5.82 Å². The number of carbonyl (C=O) groups excluding carboxylic acids is 1. The quantitative estimate of drug-likeness (QED) is 0.784. The predicted molar refractivity (Wildman–Crippen MR) is 67.3 cm³/mol. The second-order valence-corrected chi connectivity index (χ2v) is 4.74. The first kappa shape index (κ1) is 13.7. The zero-order chi connectivity index (χ0) is 12.9. The van der Waals surface area contributed by atoms with E-state index in [4.69, 9.17) is 0 Å². The zero-order valence-electron chi connectivity index (χ0n) is 10.7. The Morgan fingerprint density at radius 1 is 1.29 bits per heavy atom. The summed E-state index contributed by atoms with van der Waals surface area (Å²) in [4.78, 5) is 12.0. The first-order valence-electron chi connectivity index (χ1n) is 6.03. The lowest BCUT2D eigenvalue weighted by Crippen LogP contribution is -2.40. The fourth-order valence-electron chi connectivity index (χ4n) is 1.60. The monoisotopic (exact) mass is 237 g/mol. The molecule has 2 nitrogen and oxygen atoms in total. The number of benzene rings is 1. The lowest BCUT2D eigenvalue weighted by Gasteiger charge is -2.24. The molecule has 0 saturated carbocycles. The summed E-state index contributed by atoms with van der Waals surface area (Å²) >= 11 is 0. The highest BCUT2D eigenvalue weighted by molar-refractivity contribution is 5.87. The van der Waals surface area contributed by atoms with Gasteiger partial charge in [0.15, 0.2) is 0 Å². The summed E-state index contributed by atoms with van der Waals surface area (Å²) in [5, 5.41) is 2.90. The van der Waals surface area contributed by atoms with Crippen LogP contribution in [0.25, 0.3) is 0 Å². The number of hydrogen-bond acceptors (Lipinski definition) is 1. The van der Waals surface area contributed by atoms with Crippen LogP contribution >= 0.6 is 0 Å². The molecule has 0 spiro atoms. The van der Waals surface area contributed by atoms with Gasteiger partial charge >= 0.3 is 0 Å². The van der Waals surface area contributed by atoms with Crippen molar-refractivity contribution >= 4 is 5.91 Å². The van der Waals surface area contributed by atoms with Crippen molar-refractivity contribution in [2.75, 3.05) is 6.54 Å². The molecule has 0 radical (unpaired) electrons. The summed E-state index contributed by atoms with van der Waals surface area (Å²) in [6, 6.07) is 6.09. The molecular weight excluding hydrogens is 217 g/mol. The molecule has 0 aliphatic carbocycles. The lowest BCUT2D eigenvalue weighted by atomic mass is 9.83. The van der Waals surface area contributed by atoms with E-state index in [0.717, 1.165) is 18.4 Å². The lowest BCUT2D eigenvalue weighted by molar-refractivity contribution is -0.125. The Hall–Kier alpha value is -1.38. The van der Waals surface area contributed by atoms with Crippen LogP contribution in [0.4, 0.5) is 4.39 Å². The van der Waals surface area contributed by atoms with Crippen LogP contribution in [-0.2, 0) is 10.2 Å². The maximum Gasteiger partial charge on any atom is 0.230 e. The molecule has 0 heterocycles. The van der Waals surface area contributed by atoms with Crippen LogP contribution in [-0.4, -0.2) is 12.5 Å². The second-order valence-electron chi connectivity index (χ2n) is 4.74. The highest BCUT2D eigenvalue weighted by Gasteiger charge is 2.29. The van der Waals surface area contributed by atoms with Crippen molar-refractivity contribution in [3.05, 3.63) is 35.6 Å². The van der Waals surface area contributed by atoms with Crippen LogP contribution in [0.2, 0.25) is 0 Å². The number of unbranched alkanes of at least 4 members (excludes halogenated alkanes) is 1. The molecule has 0 saturated heterocycles. The van der Waals surface area contributed by atoms with Crippen molar-refractivity contribution < 1.29 is 9.18 Å². The van der Waals surface area contributed by atoms with E-state index < -0.39 is 5.41 Å². The van der Waals surface area contributed by atoms with Gasteiger partial charge in [-0.2, -0.15) is 0 Å². The van der Waals surface area contributed by atoms with Crippen LogP contribution < -0.4 is 5.32 Å². The van der Waals surface area contributed by atoms with Crippen LogP contribution in [0.1, 0.15) is 39.2 Å². The van der Waals surface area contributed by atoms with Gasteiger partial charge in [0.25, 0.3) is 0 Å². The van der Waals surface area contributed by atoms with E-state index in [-0.39, 0.29) is 11.7 Å². The smallest absolute Gasteiger partial charge is 0.230 e. The van der Waals surface area contributed by atoms with E-state index in [0.29, 0.717) is 6.54 Å². The third-order valence-electron chi connectivity index (χ3n) is 2.95. The van der Waals surface area contributed by atoms with Crippen LogP contribution in [0.5, 0.6) is 0 Å². The fourth-order valence-corrected chi connectivity index (χ4v) is 1.60. The van der Waals surface area contributed by atoms with Crippen molar-refractivity contribution in [1.82, 2.24) is 5.32 Å². The second kappa shape index (κ2) is 5.80. The first-order chi connectivity index (χ1) is 7.98. The average Bonchev–Trinajstić information content (AvgIpc) is 2.29. The van der Waals surface area contributed by atoms with Gasteiger partial charge in [-0.1, -0.05) is 25.5 Å². The third kappa shape index (κ3) is 3.55. The van der Waals surface area contributed by atoms with Gasteiger partial charge in [-0.3, -0.25) is 4.79 Å². The Morgan fingerprint density at radius 2 is 1.88 bits per heavy atom. The van der Waals surface area contributed by atoms with Crippen LogP contribution in [0, 0.1) is 5.82 Å². The minimum Gasteiger partial charge on any atom is -0.355 e. The topological polar surface area (TPSA) is 29.1 Å². The van der Waals surface area contributed by atoms with Crippen molar-refractivity contribution in [3.63, 3.8) is 0 Å². The Bertz CT molecular complexity index is 370. The number of halogens is 1. The number of nitrogens with one attached hydrogen (secondary N) is 1. The minimum atomic E-state index is -0.624. The Labute approximate surface area is 102 Å². The largest absolute Gasteiger partial charge is 0.355 e. The highest BCUT2D eigenvalue weighted by Crippen LogP contribution is 2.23. The van der Waals surface area contributed by atoms with Gasteiger partial charge in [0.2, 0.25) is 5.91 Å². The summed E-state index contributed by atoms with van der Waals surface area (Å²) in [6.07, 6.45) is 2.03. The molecule has 1 aromatic rings. The molecule has 94 valence electrons. The van der Waals surface area contributed by atoms with E-state index in [9.17, 15) is 9.18 Å². The van der Waals surface area contributed by atoms with Gasteiger partial charge in [-0.25, -0.2) is 4.39 Å². The maximum atomic E-state index is 12.8. The highest BCUT2D eigenvalue weighted by atomic mass is 19.1.